The molecule has 0 atom stereocenters. The second-order valence-corrected chi connectivity index (χ2v) is 7.17. The predicted molar refractivity (Wildman–Crippen MR) is 88.8 cm³/mol. The van der Waals surface area contributed by atoms with Gasteiger partial charge in [-0.05, 0) is 35.2 Å². The van der Waals surface area contributed by atoms with Crippen molar-refractivity contribution in [3.8, 4) is 0 Å². The van der Waals surface area contributed by atoms with Gasteiger partial charge in [-0.2, -0.15) is 0 Å². The Balaban J connectivity index is 1.78. The minimum atomic E-state index is 0.309. The monoisotopic (exact) mass is 309 g/mol. The molecule has 2 nitrogen and oxygen atoms in total. The van der Waals surface area contributed by atoms with E-state index in [0.29, 0.717) is 12.0 Å². The first kappa shape index (κ1) is 15.7. The molecule has 0 amide bonds. The molecule has 0 aliphatic heterocycles. The summed E-state index contributed by atoms with van der Waals surface area (Å²) < 4.78 is 5.67. The lowest BCUT2D eigenvalue weighted by Gasteiger charge is -2.16. The third kappa shape index (κ3) is 5.02. The lowest BCUT2D eigenvalue weighted by molar-refractivity contribution is 0.124. The maximum absolute atomic E-state index is 5.67. The fourth-order valence-electron chi connectivity index (χ4n) is 1.95. The maximum Gasteiger partial charge on any atom is 0.0765 e. The molecule has 0 spiro atoms. The molecule has 1 N–H and O–H groups in total. The van der Waals surface area contributed by atoms with E-state index < -0.39 is 0 Å². The highest BCUT2D eigenvalue weighted by Gasteiger charge is 2.15. The molecular formula is C16H23NOS2. The average Bonchev–Trinajstić information content (AvgIpc) is 3.10. The summed E-state index contributed by atoms with van der Waals surface area (Å²) in [7, 11) is 0. The quantitative estimate of drug-likeness (QED) is 0.686. The Labute approximate surface area is 129 Å². The summed E-state index contributed by atoms with van der Waals surface area (Å²) in [4.78, 5) is 2.74. The smallest absolute Gasteiger partial charge is 0.0765 e. The molecule has 20 heavy (non-hydrogen) atoms. The van der Waals surface area contributed by atoms with Crippen LogP contribution in [-0.4, -0.2) is 19.8 Å². The topological polar surface area (TPSA) is 21.3 Å². The van der Waals surface area contributed by atoms with Gasteiger partial charge in [-0.25, -0.2) is 0 Å². The highest BCUT2D eigenvalue weighted by molar-refractivity contribution is 7.11. The van der Waals surface area contributed by atoms with E-state index in [1.807, 2.05) is 0 Å². The van der Waals surface area contributed by atoms with Gasteiger partial charge in [0.05, 0.1) is 12.6 Å². The normalized spacial score (nSPS) is 11.6. The Morgan fingerprint density at radius 2 is 1.70 bits per heavy atom. The molecule has 0 bridgehead atoms. The Morgan fingerprint density at radius 1 is 1.05 bits per heavy atom. The highest BCUT2D eigenvalue weighted by atomic mass is 32.1. The van der Waals surface area contributed by atoms with Crippen molar-refractivity contribution in [3.05, 3.63) is 44.8 Å². The fourth-order valence-corrected chi connectivity index (χ4v) is 3.66. The zero-order valence-corrected chi connectivity index (χ0v) is 13.8. The summed E-state index contributed by atoms with van der Waals surface area (Å²) in [6, 6.07) is 8.93. The molecule has 0 aliphatic carbocycles. The number of hydrogen-bond acceptors (Lipinski definition) is 4. The van der Waals surface area contributed by atoms with Gasteiger partial charge in [0.25, 0.3) is 0 Å². The van der Waals surface area contributed by atoms with Gasteiger partial charge in [0.2, 0.25) is 0 Å². The first-order chi connectivity index (χ1) is 9.77. The first-order valence-electron chi connectivity index (χ1n) is 7.15. The lowest BCUT2D eigenvalue weighted by atomic mass is 10.1. The molecule has 2 aromatic heterocycles. The Bertz CT molecular complexity index is 417. The zero-order valence-electron chi connectivity index (χ0n) is 12.2. The molecule has 0 aromatic carbocycles. The van der Waals surface area contributed by atoms with Crippen molar-refractivity contribution in [1.29, 1.82) is 0 Å². The summed E-state index contributed by atoms with van der Waals surface area (Å²) in [6.45, 7) is 6.98. The SMILES string of the molecule is CC(C)CCOCCNC(c1cccs1)c1cccs1. The largest absolute Gasteiger partial charge is 0.380 e. The predicted octanol–water partition coefficient (Wildman–Crippen LogP) is 4.55. The van der Waals surface area contributed by atoms with Crippen LogP contribution in [0.1, 0.15) is 36.1 Å². The number of rotatable bonds is 9. The second-order valence-electron chi connectivity index (χ2n) is 5.21. The maximum atomic E-state index is 5.67. The standard InChI is InChI=1S/C16H23NOS2/c1-13(2)7-9-18-10-8-17-16(14-5-3-11-19-14)15-6-4-12-20-15/h3-6,11-13,16-17H,7-10H2,1-2H3. The van der Waals surface area contributed by atoms with Crippen molar-refractivity contribution < 1.29 is 4.74 Å². The van der Waals surface area contributed by atoms with Crippen molar-refractivity contribution >= 4 is 22.7 Å². The van der Waals surface area contributed by atoms with Crippen molar-refractivity contribution in [2.24, 2.45) is 5.92 Å². The average molecular weight is 310 g/mol. The van der Waals surface area contributed by atoms with Crippen LogP contribution in [-0.2, 0) is 4.74 Å². The van der Waals surface area contributed by atoms with Crippen LogP contribution >= 0.6 is 22.7 Å². The van der Waals surface area contributed by atoms with Crippen LogP contribution in [0, 0.1) is 5.92 Å². The molecule has 0 saturated carbocycles. The molecule has 0 radical (unpaired) electrons. The van der Waals surface area contributed by atoms with Gasteiger partial charge < -0.3 is 10.1 Å². The Morgan fingerprint density at radius 3 is 2.20 bits per heavy atom. The number of hydrogen-bond donors (Lipinski definition) is 1. The Kier molecular flexibility index (Phi) is 6.73. The van der Waals surface area contributed by atoms with Crippen LogP contribution in [0.3, 0.4) is 0 Å². The molecule has 0 aliphatic rings. The van der Waals surface area contributed by atoms with Gasteiger partial charge in [-0.1, -0.05) is 26.0 Å². The van der Waals surface area contributed by atoms with Gasteiger partial charge >= 0.3 is 0 Å². The van der Waals surface area contributed by atoms with E-state index >= 15 is 0 Å². The summed E-state index contributed by atoms with van der Waals surface area (Å²) in [6.07, 6.45) is 1.14. The van der Waals surface area contributed by atoms with Crippen molar-refractivity contribution in [2.45, 2.75) is 26.3 Å². The highest BCUT2D eigenvalue weighted by Crippen LogP contribution is 2.28. The number of ether oxygens (including phenoxy) is 1. The van der Waals surface area contributed by atoms with Gasteiger partial charge in [-0.3, -0.25) is 0 Å². The van der Waals surface area contributed by atoms with Crippen LogP contribution < -0.4 is 5.32 Å². The number of thiophene rings is 2. The third-order valence-electron chi connectivity index (χ3n) is 3.09. The molecule has 0 fully saturated rings. The minimum absolute atomic E-state index is 0.309. The lowest BCUT2D eigenvalue weighted by Crippen LogP contribution is -2.25. The van der Waals surface area contributed by atoms with Gasteiger partial charge in [0.1, 0.15) is 0 Å². The van der Waals surface area contributed by atoms with Crippen molar-refractivity contribution in [3.63, 3.8) is 0 Å². The van der Waals surface area contributed by atoms with Crippen LogP contribution in [0.2, 0.25) is 0 Å². The summed E-state index contributed by atoms with van der Waals surface area (Å²) in [5.74, 6) is 0.716. The van der Waals surface area contributed by atoms with E-state index in [4.69, 9.17) is 4.74 Å². The summed E-state index contributed by atoms with van der Waals surface area (Å²) >= 11 is 3.61. The van der Waals surface area contributed by atoms with E-state index in [1.165, 1.54) is 9.75 Å². The molecule has 2 rings (SSSR count). The van der Waals surface area contributed by atoms with Crippen LogP contribution in [0.25, 0.3) is 0 Å². The molecule has 2 heterocycles. The number of nitrogens with one attached hydrogen (secondary N) is 1. The van der Waals surface area contributed by atoms with E-state index in [1.54, 1.807) is 22.7 Å². The van der Waals surface area contributed by atoms with E-state index in [0.717, 1.165) is 26.2 Å². The van der Waals surface area contributed by atoms with E-state index in [-0.39, 0.29) is 0 Å². The van der Waals surface area contributed by atoms with E-state index in [2.05, 4.69) is 54.2 Å². The van der Waals surface area contributed by atoms with Crippen LogP contribution in [0.5, 0.6) is 0 Å². The molecule has 110 valence electrons. The Hall–Kier alpha value is -0.680. The van der Waals surface area contributed by atoms with Crippen LogP contribution in [0.15, 0.2) is 35.0 Å². The molecule has 4 heteroatoms. The van der Waals surface area contributed by atoms with Gasteiger partial charge in [-0.15, -0.1) is 22.7 Å². The van der Waals surface area contributed by atoms with Gasteiger partial charge in [0.15, 0.2) is 0 Å². The third-order valence-corrected chi connectivity index (χ3v) is 4.96. The summed E-state index contributed by atoms with van der Waals surface area (Å²) in [5.41, 5.74) is 0. The van der Waals surface area contributed by atoms with E-state index in [9.17, 15) is 0 Å². The fraction of sp³-hybridized carbons (Fsp3) is 0.500. The summed E-state index contributed by atoms with van der Waals surface area (Å²) in [5, 5.41) is 7.88. The first-order valence-corrected chi connectivity index (χ1v) is 8.91. The van der Waals surface area contributed by atoms with Crippen molar-refractivity contribution in [1.82, 2.24) is 5.32 Å². The zero-order chi connectivity index (χ0) is 14.2. The molecule has 2 aromatic rings. The van der Waals surface area contributed by atoms with Gasteiger partial charge in [0, 0.05) is 22.9 Å². The second kappa shape index (κ2) is 8.57. The molecular weight excluding hydrogens is 286 g/mol. The van der Waals surface area contributed by atoms with Crippen molar-refractivity contribution in [2.75, 3.05) is 19.8 Å². The molecule has 0 unspecified atom stereocenters. The minimum Gasteiger partial charge on any atom is -0.380 e. The molecule has 0 saturated heterocycles. The van der Waals surface area contributed by atoms with Crippen LogP contribution in [0.4, 0.5) is 0 Å².